The molecule has 0 aromatic rings. The normalized spacial score (nSPS) is 38.1. The maximum atomic E-state index is 10.4. The van der Waals surface area contributed by atoms with Crippen molar-refractivity contribution in [1.82, 2.24) is 10.6 Å². The lowest BCUT2D eigenvalue weighted by Gasteiger charge is -2.45. The highest BCUT2D eigenvalue weighted by Crippen LogP contribution is 2.28. The molecule has 0 bridgehead atoms. The van der Waals surface area contributed by atoms with Crippen LogP contribution in [0.1, 0.15) is 65.2 Å². The molecule has 10 atom stereocenters. The minimum atomic E-state index is -1.60. The summed E-state index contributed by atoms with van der Waals surface area (Å²) in [5.41, 5.74) is 0. The molecule has 2 aliphatic rings. The predicted molar refractivity (Wildman–Crippen MR) is 128 cm³/mol. The van der Waals surface area contributed by atoms with E-state index in [1.165, 1.54) is 0 Å². The minimum absolute atomic E-state index is 0.233. The van der Waals surface area contributed by atoms with Gasteiger partial charge in [-0.3, -0.25) is 0 Å². The molecule has 11 heteroatoms. The van der Waals surface area contributed by atoms with E-state index in [0.717, 1.165) is 64.5 Å². The maximum absolute atomic E-state index is 10.4. The molecule has 0 spiro atoms. The predicted octanol–water partition coefficient (Wildman–Crippen LogP) is -1.04. The molecule has 2 fully saturated rings. The van der Waals surface area contributed by atoms with Crippen LogP contribution in [-0.4, -0.2) is 118 Å². The fraction of sp³-hybridized carbons (Fsp3) is 1.00. The first-order chi connectivity index (χ1) is 16.8. The molecule has 1 unspecified atom stereocenters. The average Bonchev–Trinajstić information content (AvgIpc) is 2.85. The summed E-state index contributed by atoms with van der Waals surface area (Å²) in [5.74, 6) is 0. The van der Waals surface area contributed by atoms with Gasteiger partial charge in [-0.1, -0.05) is 52.4 Å². The number of unbranched alkanes of at least 4 members (excludes halogenated alkanes) is 6. The van der Waals surface area contributed by atoms with E-state index in [2.05, 4.69) is 24.5 Å². The summed E-state index contributed by atoms with van der Waals surface area (Å²) in [5, 5.41) is 68.4. The molecule has 0 saturated carbocycles. The van der Waals surface area contributed by atoms with Crippen molar-refractivity contribution in [2.24, 2.45) is 0 Å². The number of hydrogen-bond donors (Lipinski definition) is 8. The Labute approximate surface area is 208 Å². The quantitative estimate of drug-likeness (QED) is 0.120. The highest BCUT2D eigenvalue weighted by molar-refractivity contribution is 4.93. The van der Waals surface area contributed by atoms with Gasteiger partial charge in [-0.15, -0.1) is 0 Å². The average molecular weight is 509 g/mol. The highest BCUT2D eigenvalue weighted by Gasteiger charge is 2.49. The van der Waals surface area contributed by atoms with Gasteiger partial charge in [0.05, 0.1) is 0 Å². The van der Waals surface area contributed by atoms with E-state index in [9.17, 15) is 30.6 Å². The Hall–Kier alpha value is -0.440. The number of hydrogen-bond acceptors (Lipinski definition) is 11. The SMILES string of the molecule is CCCCCCNC[C@H]1O[C@H](OC2O[C@H](CNCCCCCC)[C@@H](O)[C@H](O)[C@H]2O)[C@H](O)[C@@H](O)[C@@H]1O. The zero-order valence-corrected chi connectivity index (χ0v) is 21.2. The van der Waals surface area contributed by atoms with Gasteiger partial charge in [0.25, 0.3) is 0 Å². The van der Waals surface area contributed by atoms with Crippen molar-refractivity contribution < 1.29 is 44.8 Å². The van der Waals surface area contributed by atoms with E-state index in [1.54, 1.807) is 0 Å². The van der Waals surface area contributed by atoms with Crippen LogP contribution in [0.15, 0.2) is 0 Å². The molecule has 0 aromatic carbocycles. The summed E-state index contributed by atoms with van der Waals surface area (Å²) in [4.78, 5) is 0. The zero-order valence-electron chi connectivity index (χ0n) is 21.2. The molecular formula is C24H48N2O9. The van der Waals surface area contributed by atoms with Crippen LogP contribution in [-0.2, 0) is 14.2 Å². The van der Waals surface area contributed by atoms with Crippen molar-refractivity contribution in [3.8, 4) is 0 Å². The number of rotatable bonds is 16. The first-order valence-electron chi connectivity index (χ1n) is 13.3. The molecule has 2 heterocycles. The summed E-state index contributed by atoms with van der Waals surface area (Å²) in [6.07, 6.45) is -4.80. The molecule has 0 amide bonds. The Morgan fingerprint density at radius 2 is 0.943 bits per heavy atom. The monoisotopic (exact) mass is 508 g/mol. The van der Waals surface area contributed by atoms with Crippen LogP contribution < -0.4 is 10.6 Å². The summed E-state index contributed by atoms with van der Waals surface area (Å²) in [6.45, 7) is 6.17. The Morgan fingerprint density at radius 3 is 1.31 bits per heavy atom. The lowest BCUT2D eigenvalue weighted by molar-refractivity contribution is -0.372. The third kappa shape index (κ3) is 9.42. The van der Waals surface area contributed by atoms with Crippen molar-refractivity contribution in [1.29, 1.82) is 0 Å². The number of ether oxygens (including phenoxy) is 3. The fourth-order valence-electron chi connectivity index (χ4n) is 4.37. The van der Waals surface area contributed by atoms with E-state index >= 15 is 0 Å². The standard InChI is InChI=1S/C24H48N2O9/c1-3-5-7-9-11-25-13-15-17(27)19(29)21(31)23(33-15)35-24-22(32)20(30)18(28)16(34-24)14-26-12-10-8-6-4-2/h15-32H,3-14H2,1-2H3/t15-,16-,17-,18-,19+,20+,21-,22-,23-,24?/m1/s1. The lowest BCUT2D eigenvalue weighted by Crippen LogP contribution is -2.64. The third-order valence-corrected chi connectivity index (χ3v) is 6.71. The van der Waals surface area contributed by atoms with Crippen LogP contribution in [0.5, 0.6) is 0 Å². The lowest BCUT2D eigenvalue weighted by atomic mass is 9.97. The van der Waals surface area contributed by atoms with E-state index in [4.69, 9.17) is 14.2 Å². The molecule has 35 heavy (non-hydrogen) atoms. The molecule has 0 aliphatic carbocycles. The van der Waals surface area contributed by atoms with E-state index < -0.39 is 61.4 Å². The topological polar surface area (TPSA) is 173 Å². The van der Waals surface area contributed by atoms with Crippen molar-refractivity contribution in [3.63, 3.8) is 0 Å². The fourth-order valence-corrected chi connectivity index (χ4v) is 4.37. The van der Waals surface area contributed by atoms with Crippen LogP contribution >= 0.6 is 0 Å². The Balaban J connectivity index is 1.89. The van der Waals surface area contributed by atoms with Gasteiger partial charge in [-0.05, 0) is 25.9 Å². The number of nitrogens with one attached hydrogen (secondary N) is 2. The molecule has 2 aliphatic heterocycles. The van der Waals surface area contributed by atoms with Gasteiger partial charge in [-0.25, -0.2) is 0 Å². The Bertz CT molecular complexity index is 515. The van der Waals surface area contributed by atoms with Crippen molar-refractivity contribution in [3.05, 3.63) is 0 Å². The highest BCUT2D eigenvalue weighted by atomic mass is 16.8. The second-order valence-corrected chi connectivity index (χ2v) is 9.70. The second kappa shape index (κ2) is 16.4. The molecule has 2 rings (SSSR count). The summed E-state index contributed by atoms with van der Waals surface area (Å²) in [7, 11) is 0. The van der Waals surface area contributed by atoms with Gasteiger partial charge < -0.3 is 55.5 Å². The van der Waals surface area contributed by atoms with Crippen molar-refractivity contribution >= 4 is 0 Å². The van der Waals surface area contributed by atoms with Gasteiger partial charge in [0.15, 0.2) is 12.6 Å². The van der Waals surface area contributed by atoms with Gasteiger partial charge >= 0.3 is 0 Å². The molecule has 8 N–H and O–H groups in total. The van der Waals surface area contributed by atoms with Crippen molar-refractivity contribution in [2.45, 2.75) is 127 Å². The first-order valence-corrected chi connectivity index (χ1v) is 13.3. The minimum Gasteiger partial charge on any atom is -0.388 e. The third-order valence-electron chi connectivity index (χ3n) is 6.71. The van der Waals surface area contributed by atoms with Gasteiger partial charge in [-0.2, -0.15) is 0 Å². The number of aliphatic hydroxyl groups is 6. The largest absolute Gasteiger partial charge is 0.388 e. The molecule has 2 saturated heterocycles. The summed E-state index contributed by atoms with van der Waals surface area (Å²) >= 11 is 0. The molecule has 11 nitrogen and oxygen atoms in total. The Morgan fingerprint density at radius 1 is 0.543 bits per heavy atom. The van der Waals surface area contributed by atoms with E-state index in [0.29, 0.717) is 0 Å². The van der Waals surface area contributed by atoms with E-state index in [1.807, 2.05) is 0 Å². The van der Waals surface area contributed by atoms with Crippen molar-refractivity contribution in [2.75, 3.05) is 26.2 Å². The van der Waals surface area contributed by atoms with Crippen LogP contribution in [0.3, 0.4) is 0 Å². The van der Waals surface area contributed by atoms with Crippen LogP contribution in [0, 0.1) is 0 Å². The van der Waals surface area contributed by atoms with Crippen LogP contribution in [0.4, 0.5) is 0 Å². The maximum Gasteiger partial charge on any atom is 0.189 e. The molecule has 0 radical (unpaired) electrons. The Kier molecular flexibility index (Phi) is 14.4. The smallest absolute Gasteiger partial charge is 0.189 e. The van der Waals surface area contributed by atoms with Gasteiger partial charge in [0.1, 0.15) is 48.8 Å². The second-order valence-electron chi connectivity index (χ2n) is 9.70. The first kappa shape index (κ1) is 30.8. The molecule has 208 valence electrons. The number of aliphatic hydroxyl groups excluding tert-OH is 6. The van der Waals surface area contributed by atoms with Crippen LogP contribution in [0.2, 0.25) is 0 Å². The summed E-state index contributed by atoms with van der Waals surface area (Å²) < 4.78 is 17.0. The molecule has 0 aromatic heterocycles. The molecular weight excluding hydrogens is 460 g/mol. The van der Waals surface area contributed by atoms with Crippen LogP contribution in [0.25, 0.3) is 0 Å². The summed E-state index contributed by atoms with van der Waals surface area (Å²) in [6, 6.07) is 0. The van der Waals surface area contributed by atoms with Gasteiger partial charge in [0.2, 0.25) is 0 Å². The van der Waals surface area contributed by atoms with E-state index in [-0.39, 0.29) is 13.1 Å². The van der Waals surface area contributed by atoms with Gasteiger partial charge in [0, 0.05) is 13.1 Å². The zero-order chi connectivity index (χ0) is 25.8.